The van der Waals surface area contributed by atoms with E-state index in [0.29, 0.717) is 6.54 Å². The number of aromatic nitrogens is 1. The second-order valence-electron chi connectivity index (χ2n) is 5.53. The van der Waals surface area contributed by atoms with Crippen molar-refractivity contribution in [2.24, 2.45) is 11.7 Å². The number of aliphatic hydroxyl groups is 1. The molecular weight excluding hydrogens is 242 g/mol. The van der Waals surface area contributed by atoms with Crippen molar-refractivity contribution in [3.63, 3.8) is 0 Å². The first-order valence-electron chi connectivity index (χ1n) is 6.93. The number of amides is 1. The molecule has 1 amide bonds. The Morgan fingerprint density at radius 1 is 1.53 bits per heavy atom. The van der Waals surface area contributed by atoms with Gasteiger partial charge in [-0.25, -0.2) is 0 Å². The second kappa shape index (κ2) is 6.21. The number of nitrogens with two attached hydrogens (primary N) is 1. The SMILES string of the molecule is NC1(CO)CCC(C(=O)NCCc2ccc[nH]2)CC1. The maximum Gasteiger partial charge on any atom is 0.223 e. The summed E-state index contributed by atoms with van der Waals surface area (Å²) in [6.45, 7) is 0.664. The molecule has 1 aliphatic rings. The van der Waals surface area contributed by atoms with Crippen molar-refractivity contribution in [3.8, 4) is 0 Å². The molecule has 0 aromatic carbocycles. The molecule has 0 saturated heterocycles. The minimum Gasteiger partial charge on any atom is -0.394 e. The predicted molar refractivity (Wildman–Crippen MR) is 73.5 cm³/mol. The Balaban J connectivity index is 1.70. The fourth-order valence-electron chi connectivity index (χ4n) is 2.60. The van der Waals surface area contributed by atoms with E-state index in [1.807, 2.05) is 18.3 Å². The third-order valence-electron chi connectivity index (χ3n) is 4.02. The van der Waals surface area contributed by atoms with E-state index in [2.05, 4.69) is 10.3 Å². The summed E-state index contributed by atoms with van der Waals surface area (Å²) in [6, 6.07) is 3.96. The van der Waals surface area contributed by atoms with Crippen molar-refractivity contribution in [3.05, 3.63) is 24.0 Å². The van der Waals surface area contributed by atoms with Gasteiger partial charge in [0.05, 0.1) is 6.61 Å². The molecule has 0 radical (unpaired) electrons. The van der Waals surface area contributed by atoms with E-state index in [4.69, 9.17) is 5.73 Å². The van der Waals surface area contributed by atoms with Crippen molar-refractivity contribution in [1.82, 2.24) is 10.3 Å². The lowest BCUT2D eigenvalue weighted by Crippen LogP contribution is -2.48. The summed E-state index contributed by atoms with van der Waals surface area (Å²) in [5, 5.41) is 12.2. The molecule has 5 N–H and O–H groups in total. The third-order valence-corrected chi connectivity index (χ3v) is 4.02. The van der Waals surface area contributed by atoms with Crippen LogP contribution in [-0.2, 0) is 11.2 Å². The largest absolute Gasteiger partial charge is 0.394 e. The van der Waals surface area contributed by atoms with Gasteiger partial charge in [-0.2, -0.15) is 0 Å². The van der Waals surface area contributed by atoms with Crippen LogP contribution in [0.4, 0.5) is 0 Å². The summed E-state index contributed by atoms with van der Waals surface area (Å²) < 4.78 is 0. The third kappa shape index (κ3) is 3.81. The number of carbonyl (C=O) groups excluding carboxylic acids is 1. The number of aliphatic hydroxyl groups excluding tert-OH is 1. The molecule has 0 bridgehead atoms. The number of carbonyl (C=O) groups is 1. The number of aromatic amines is 1. The van der Waals surface area contributed by atoms with Crippen molar-refractivity contribution in [1.29, 1.82) is 0 Å². The van der Waals surface area contributed by atoms with Crippen LogP contribution in [0.25, 0.3) is 0 Å². The highest BCUT2D eigenvalue weighted by atomic mass is 16.3. The summed E-state index contributed by atoms with van der Waals surface area (Å²) in [7, 11) is 0. The molecule has 0 unspecified atom stereocenters. The Bertz CT molecular complexity index is 395. The van der Waals surface area contributed by atoms with Gasteiger partial charge >= 0.3 is 0 Å². The van der Waals surface area contributed by atoms with Crippen LogP contribution in [0.5, 0.6) is 0 Å². The molecule has 5 heteroatoms. The number of hydrogen-bond donors (Lipinski definition) is 4. The van der Waals surface area contributed by atoms with Gasteiger partial charge in [-0.1, -0.05) is 0 Å². The number of hydrogen-bond acceptors (Lipinski definition) is 3. The van der Waals surface area contributed by atoms with Gasteiger partial charge in [0.25, 0.3) is 0 Å². The van der Waals surface area contributed by atoms with Gasteiger partial charge in [0, 0.05) is 36.3 Å². The highest BCUT2D eigenvalue weighted by Crippen LogP contribution is 2.30. The lowest BCUT2D eigenvalue weighted by atomic mass is 9.77. The molecule has 0 aliphatic heterocycles. The number of nitrogens with one attached hydrogen (secondary N) is 2. The molecule has 1 saturated carbocycles. The highest BCUT2D eigenvalue weighted by molar-refractivity contribution is 5.78. The Labute approximate surface area is 113 Å². The van der Waals surface area contributed by atoms with Gasteiger partial charge < -0.3 is 21.1 Å². The zero-order valence-electron chi connectivity index (χ0n) is 11.2. The summed E-state index contributed by atoms with van der Waals surface area (Å²) in [5.74, 6) is 0.165. The molecule has 1 aromatic heterocycles. The van der Waals surface area contributed by atoms with Crippen LogP contribution in [0.2, 0.25) is 0 Å². The topological polar surface area (TPSA) is 91.1 Å². The Kier molecular flexibility index (Phi) is 4.61. The summed E-state index contributed by atoms with van der Waals surface area (Å²) in [5.41, 5.74) is 6.66. The van der Waals surface area contributed by atoms with Gasteiger partial charge in [-0.3, -0.25) is 4.79 Å². The van der Waals surface area contributed by atoms with Crippen LogP contribution in [0.1, 0.15) is 31.4 Å². The van der Waals surface area contributed by atoms with Crippen LogP contribution in [-0.4, -0.2) is 34.7 Å². The van der Waals surface area contributed by atoms with E-state index in [1.54, 1.807) is 0 Å². The number of H-pyrrole nitrogens is 1. The maximum atomic E-state index is 12.0. The smallest absolute Gasteiger partial charge is 0.223 e. The molecular formula is C14H23N3O2. The molecule has 2 rings (SSSR count). The van der Waals surface area contributed by atoms with Gasteiger partial charge in [-0.05, 0) is 37.8 Å². The van der Waals surface area contributed by atoms with E-state index >= 15 is 0 Å². The Hall–Kier alpha value is -1.33. The van der Waals surface area contributed by atoms with Crippen LogP contribution in [0.15, 0.2) is 18.3 Å². The van der Waals surface area contributed by atoms with Crippen molar-refractivity contribution >= 4 is 5.91 Å². The van der Waals surface area contributed by atoms with Crippen LogP contribution in [0, 0.1) is 5.92 Å². The minimum atomic E-state index is -0.471. The van der Waals surface area contributed by atoms with E-state index in [1.165, 1.54) is 0 Å². The van der Waals surface area contributed by atoms with Crippen molar-refractivity contribution in [2.75, 3.05) is 13.2 Å². The predicted octanol–water partition coefficient (Wildman–Crippen LogP) is 0.553. The maximum absolute atomic E-state index is 12.0. The molecule has 1 heterocycles. The molecule has 19 heavy (non-hydrogen) atoms. The van der Waals surface area contributed by atoms with Crippen molar-refractivity contribution < 1.29 is 9.90 Å². The van der Waals surface area contributed by atoms with Crippen molar-refractivity contribution in [2.45, 2.75) is 37.6 Å². The summed E-state index contributed by atoms with van der Waals surface area (Å²) in [4.78, 5) is 15.1. The fraction of sp³-hybridized carbons (Fsp3) is 0.643. The molecule has 106 valence electrons. The first-order valence-corrected chi connectivity index (χ1v) is 6.93. The first-order chi connectivity index (χ1) is 9.13. The lowest BCUT2D eigenvalue weighted by Gasteiger charge is -2.35. The Morgan fingerprint density at radius 3 is 2.84 bits per heavy atom. The van der Waals surface area contributed by atoms with E-state index in [9.17, 15) is 9.90 Å². The zero-order chi connectivity index (χ0) is 13.7. The molecule has 1 fully saturated rings. The molecule has 1 aromatic rings. The lowest BCUT2D eigenvalue weighted by molar-refractivity contribution is -0.126. The van der Waals surface area contributed by atoms with E-state index < -0.39 is 5.54 Å². The molecule has 0 spiro atoms. The molecule has 1 aliphatic carbocycles. The van der Waals surface area contributed by atoms with Crippen LogP contribution in [0.3, 0.4) is 0 Å². The highest BCUT2D eigenvalue weighted by Gasteiger charge is 2.33. The van der Waals surface area contributed by atoms with E-state index in [0.717, 1.165) is 37.8 Å². The monoisotopic (exact) mass is 265 g/mol. The zero-order valence-corrected chi connectivity index (χ0v) is 11.2. The standard InChI is InChI=1S/C14H23N3O2/c15-14(10-18)6-3-11(4-7-14)13(19)17-9-5-12-2-1-8-16-12/h1-2,8,11,16,18H,3-7,9-10,15H2,(H,17,19). The van der Waals surface area contributed by atoms with Gasteiger partial charge in [0.2, 0.25) is 5.91 Å². The quantitative estimate of drug-likeness (QED) is 0.626. The number of rotatable bonds is 5. The summed E-state index contributed by atoms with van der Waals surface area (Å²) >= 11 is 0. The van der Waals surface area contributed by atoms with Gasteiger partial charge in [0.15, 0.2) is 0 Å². The van der Waals surface area contributed by atoms with Crippen LogP contribution >= 0.6 is 0 Å². The molecule has 5 nitrogen and oxygen atoms in total. The van der Waals surface area contributed by atoms with E-state index in [-0.39, 0.29) is 18.4 Å². The average Bonchev–Trinajstić information content (AvgIpc) is 2.92. The van der Waals surface area contributed by atoms with Gasteiger partial charge in [-0.15, -0.1) is 0 Å². The fourth-order valence-corrected chi connectivity index (χ4v) is 2.60. The average molecular weight is 265 g/mol. The summed E-state index contributed by atoms with van der Waals surface area (Å²) in [6.07, 6.45) is 5.68. The molecule has 0 atom stereocenters. The normalized spacial score (nSPS) is 27.2. The minimum absolute atomic E-state index is 0.00810. The second-order valence-corrected chi connectivity index (χ2v) is 5.53. The Morgan fingerprint density at radius 2 is 2.26 bits per heavy atom. The van der Waals surface area contributed by atoms with Gasteiger partial charge in [0.1, 0.15) is 0 Å². The van der Waals surface area contributed by atoms with Crippen LogP contribution < -0.4 is 11.1 Å². The first kappa shape index (κ1) is 14.1.